The van der Waals surface area contributed by atoms with E-state index in [0.29, 0.717) is 37.3 Å². The Morgan fingerprint density at radius 2 is 1.05 bits per heavy atom. The van der Waals surface area contributed by atoms with Gasteiger partial charge in [0.25, 0.3) is 11.8 Å². The maximum Gasteiger partial charge on any atom is 0.359 e. The largest absolute Gasteiger partial charge is 0.509 e. The molecule has 4 aliphatic heterocycles. The number of rotatable bonds is 17. The summed E-state index contributed by atoms with van der Waals surface area (Å²) in [4.78, 5) is 84.0. The summed E-state index contributed by atoms with van der Waals surface area (Å²) in [5.41, 5.74) is 5.32. The van der Waals surface area contributed by atoms with Crippen LogP contribution in [0.1, 0.15) is 45.6 Å². The Morgan fingerprint density at radius 1 is 0.628 bits per heavy atom. The Balaban J connectivity index is 0.000000192. The average Bonchev–Trinajstić information content (AvgIpc) is 3.49. The molecule has 3 fully saturated rings. The number of thioether (sulfide) groups is 1. The maximum atomic E-state index is 14.2. The van der Waals surface area contributed by atoms with Crippen LogP contribution in [0.5, 0.6) is 0 Å². The van der Waals surface area contributed by atoms with Gasteiger partial charge in [-0.15, -0.1) is 11.8 Å². The van der Waals surface area contributed by atoms with Gasteiger partial charge in [-0.1, -0.05) is 198 Å². The summed E-state index contributed by atoms with van der Waals surface area (Å²) in [5.74, 6) is -3.00. The van der Waals surface area contributed by atoms with E-state index >= 15 is 0 Å². The molecule has 3 N–H and O–H groups in total. The highest BCUT2D eigenvalue weighted by Gasteiger charge is 2.55. The van der Waals surface area contributed by atoms with Gasteiger partial charge in [0.1, 0.15) is 28.6 Å². The molecule has 6 aromatic rings. The molecule has 0 bridgehead atoms. The van der Waals surface area contributed by atoms with Crippen molar-refractivity contribution >= 4 is 75.9 Å². The Labute approximate surface area is 470 Å². The number of ether oxygens (including phenoxy) is 3. The highest BCUT2D eigenvalue weighted by molar-refractivity contribution is 9.09. The van der Waals surface area contributed by atoms with Crippen molar-refractivity contribution in [3.8, 4) is 0 Å². The molecular weight excluding hydrogens is 1090 g/mol. The van der Waals surface area contributed by atoms with Gasteiger partial charge in [-0.2, -0.15) is 12.6 Å². The van der Waals surface area contributed by atoms with Gasteiger partial charge in [0.05, 0.1) is 37.5 Å². The molecule has 4 amide bonds. The lowest BCUT2D eigenvalue weighted by Crippen LogP contribution is -2.70. The number of fused-ring (bicyclic) bond motifs is 1. The smallest absolute Gasteiger partial charge is 0.359 e. The monoisotopic (exact) mass is 1150 g/mol. The number of nitrogens with one attached hydrogen (secondary N) is 2. The highest BCUT2D eigenvalue weighted by Crippen LogP contribution is 2.41. The van der Waals surface area contributed by atoms with Gasteiger partial charge in [0.2, 0.25) is 11.8 Å². The third kappa shape index (κ3) is 12.9. The predicted molar refractivity (Wildman–Crippen MR) is 301 cm³/mol. The van der Waals surface area contributed by atoms with Crippen LogP contribution < -0.4 is 10.6 Å². The molecule has 0 aliphatic carbocycles. The Kier molecular flexibility index (Phi) is 18.5. The second kappa shape index (κ2) is 26.1. The van der Waals surface area contributed by atoms with Crippen LogP contribution in [-0.4, -0.2) is 116 Å². The topological polar surface area (TPSA) is 184 Å². The number of aliphatic hydroxyl groups is 1. The minimum absolute atomic E-state index is 0.101. The van der Waals surface area contributed by atoms with Gasteiger partial charge in [0.15, 0.2) is 23.6 Å². The number of halogens is 1. The van der Waals surface area contributed by atoms with Crippen molar-refractivity contribution in [1.29, 1.82) is 0 Å². The number of likely N-dealkylation sites (tertiary alicyclic amines) is 1. The number of thiol groups is 1. The zero-order valence-electron chi connectivity index (χ0n) is 42.1. The van der Waals surface area contributed by atoms with Crippen molar-refractivity contribution in [2.45, 2.75) is 47.9 Å². The van der Waals surface area contributed by atoms with Gasteiger partial charge in [-0.3, -0.25) is 29.0 Å². The fourth-order valence-electron chi connectivity index (χ4n) is 9.44. The molecule has 0 aromatic heterocycles. The maximum absolute atomic E-state index is 14.2. The number of esters is 2. The molecule has 0 saturated carbocycles. The first-order valence-electron chi connectivity index (χ1n) is 25.3. The number of aliphatic hydroxyl groups excluding tert-OH is 1. The fraction of sp³-hybridized carbons (Fsp3) is 0.233. The number of carbonyl (C=O) groups excluding carboxylic acids is 6. The van der Waals surface area contributed by atoms with E-state index in [2.05, 4.69) is 39.2 Å². The van der Waals surface area contributed by atoms with Crippen molar-refractivity contribution in [3.63, 3.8) is 0 Å². The SMILES string of the molecule is O=C(Cc1ccccc1)N[C@@H]1C(=O)N(/C(C(=O)OC(c2ccccc2)c2ccccc2)=C(\CBr)N2CCOCC2)[C@@H]1S.O=C(Cc1ccccc1)N[C@@H]1C(=O)N2C(C(=O)OC(c3ccccc3)c3ccccc3)=C(O)CS[C@H]12. The molecule has 0 spiro atoms. The molecule has 6 aromatic carbocycles. The molecule has 0 radical (unpaired) electrons. The number of hydrogen-bond acceptors (Lipinski definition) is 13. The van der Waals surface area contributed by atoms with E-state index in [0.717, 1.165) is 33.4 Å². The average molecular weight is 1150 g/mol. The number of carbonyl (C=O) groups is 6. The van der Waals surface area contributed by atoms with Crippen molar-refractivity contribution < 1.29 is 48.1 Å². The zero-order chi connectivity index (χ0) is 54.5. The van der Waals surface area contributed by atoms with Crippen LogP contribution in [0.25, 0.3) is 0 Å². The summed E-state index contributed by atoms with van der Waals surface area (Å²) in [5, 5.41) is 15.2. The lowest BCUT2D eigenvalue weighted by atomic mass is 10.0. The van der Waals surface area contributed by atoms with Crippen molar-refractivity contribution in [3.05, 3.63) is 238 Å². The number of morpholine rings is 1. The van der Waals surface area contributed by atoms with Gasteiger partial charge in [-0.05, 0) is 33.4 Å². The first-order chi connectivity index (χ1) is 38.0. The summed E-state index contributed by atoms with van der Waals surface area (Å²) in [6.07, 6.45) is -1.14. The molecule has 0 unspecified atom stereocenters. The summed E-state index contributed by atoms with van der Waals surface area (Å²) < 4.78 is 17.6. The molecule has 400 valence electrons. The molecule has 4 atom stereocenters. The quantitative estimate of drug-likeness (QED) is 0.0229. The van der Waals surface area contributed by atoms with Crippen LogP contribution in [-0.2, 0) is 55.8 Å². The number of benzene rings is 6. The fourth-order valence-corrected chi connectivity index (χ4v) is 11.7. The molecule has 78 heavy (non-hydrogen) atoms. The van der Waals surface area contributed by atoms with E-state index < -0.39 is 58.8 Å². The van der Waals surface area contributed by atoms with Crippen LogP contribution in [0.3, 0.4) is 0 Å². The zero-order valence-corrected chi connectivity index (χ0v) is 45.4. The van der Waals surface area contributed by atoms with Crippen LogP contribution >= 0.6 is 40.3 Å². The summed E-state index contributed by atoms with van der Waals surface area (Å²) >= 11 is 9.52. The van der Waals surface area contributed by atoms with Gasteiger partial charge in [-0.25, -0.2) is 9.59 Å². The number of allylic oxidation sites excluding steroid dienone is 1. The number of amides is 4. The van der Waals surface area contributed by atoms with E-state index in [9.17, 15) is 33.9 Å². The number of β-lactam (4-membered cyclic amide) rings is 2. The van der Waals surface area contributed by atoms with Crippen molar-refractivity contribution in [1.82, 2.24) is 25.3 Å². The Hall–Kier alpha value is -7.64. The molecule has 3 saturated heterocycles. The van der Waals surface area contributed by atoms with E-state index in [1.165, 1.54) is 21.6 Å². The minimum Gasteiger partial charge on any atom is -0.509 e. The molecule has 4 heterocycles. The second-order valence-corrected chi connectivity index (χ2v) is 20.7. The van der Waals surface area contributed by atoms with Gasteiger partial charge >= 0.3 is 11.9 Å². The van der Waals surface area contributed by atoms with E-state index in [4.69, 9.17) is 14.2 Å². The normalized spacial score (nSPS) is 19.1. The van der Waals surface area contributed by atoms with Crippen LogP contribution in [0.2, 0.25) is 0 Å². The lowest BCUT2D eigenvalue weighted by molar-refractivity contribution is -0.155. The van der Waals surface area contributed by atoms with Crippen LogP contribution in [0, 0.1) is 0 Å². The molecule has 4 aliphatic rings. The van der Waals surface area contributed by atoms with E-state index in [1.54, 1.807) is 0 Å². The third-order valence-electron chi connectivity index (χ3n) is 13.3. The van der Waals surface area contributed by atoms with E-state index in [-0.39, 0.29) is 47.6 Å². The van der Waals surface area contributed by atoms with Crippen LogP contribution in [0.4, 0.5) is 0 Å². The first kappa shape index (κ1) is 55.1. The van der Waals surface area contributed by atoms with Crippen molar-refractivity contribution in [2.75, 3.05) is 37.4 Å². The standard InChI is InChI=1S/C32H32BrN3O5S.C28H24N2O5S/c33-21-25(35-16-18-40-19-17-35)28(32(39)41-29(23-12-6-2-7-13-23)24-14-8-3-9-15-24)36-30(38)27(31(36)42)34-26(37)20-22-10-4-1-5-11-22;31-21-17-36-27-23(29-22(32)16-18-10-4-1-5-11-18)26(33)30(27)24(21)28(34)35-25(19-12-6-2-7-13-19)20-14-8-3-9-15-20/h1-15,27,29,31,42H,16-21H2,(H,34,37);1-15,23,25,27,31H,16-17H2,(H,29,32)/b28-25+;/t27-,31-;23-,27-/m11/s1. The number of hydrogen-bond donors (Lipinski definition) is 4. The highest BCUT2D eigenvalue weighted by atomic mass is 79.9. The lowest BCUT2D eigenvalue weighted by Gasteiger charge is -2.48. The van der Waals surface area contributed by atoms with Gasteiger partial charge in [0, 0.05) is 18.4 Å². The number of nitrogens with zero attached hydrogens (tertiary/aromatic N) is 3. The van der Waals surface area contributed by atoms with Gasteiger partial charge < -0.3 is 34.9 Å². The summed E-state index contributed by atoms with van der Waals surface area (Å²) in [6.45, 7) is 2.09. The van der Waals surface area contributed by atoms with Crippen LogP contribution in [0.15, 0.2) is 205 Å². The number of alkyl halides is 1. The second-order valence-electron chi connectivity index (χ2n) is 18.5. The molecular formula is C60H56BrN5O10S2. The minimum atomic E-state index is -0.882. The Bertz CT molecular complexity index is 3060. The van der Waals surface area contributed by atoms with Crippen molar-refractivity contribution in [2.24, 2.45) is 0 Å². The molecule has 10 rings (SSSR count). The molecule has 18 heteroatoms. The summed E-state index contributed by atoms with van der Waals surface area (Å²) in [7, 11) is 0. The first-order valence-corrected chi connectivity index (χ1v) is 28.0. The Morgan fingerprint density at radius 3 is 1.49 bits per heavy atom. The summed E-state index contributed by atoms with van der Waals surface area (Å²) in [6, 6.07) is 54.4. The van der Waals surface area contributed by atoms with E-state index in [1.807, 2.05) is 187 Å². The molecule has 15 nitrogen and oxygen atoms in total. The third-order valence-corrected chi connectivity index (χ3v) is 15.7. The predicted octanol–water partition coefficient (Wildman–Crippen LogP) is 7.81.